The SMILES string of the molecule is C=CC(=O)NC/C=C(\C=C/C(=C)C)c1c(-c2ccc(CN3CCN(C)CC3)cc2)[nH]c2nccc(OC)c12. The Morgan fingerprint density at radius 1 is 1.16 bits per heavy atom. The fourth-order valence-electron chi connectivity index (χ4n) is 4.62. The normalized spacial score (nSPS) is 15.2. The summed E-state index contributed by atoms with van der Waals surface area (Å²) in [7, 11) is 3.84. The number of benzene rings is 1. The van der Waals surface area contributed by atoms with Crippen molar-refractivity contribution in [3.8, 4) is 17.0 Å². The van der Waals surface area contributed by atoms with Crippen LogP contribution in [0.2, 0.25) is 0 Å². The molecule has 0 radical (unpaired) electrons. The maximum absolute atomic E-state index is 11.8. The molecule has 1 amide bonds. The van der Waals surface area contributed by atoms with Crippen LogP contribution in [0.1, 0.15) is 18.1 Å². The van der Waals surface area contributed by atoms with E-state index in [4.69, 9.17) is 4.74 Å². The van der Waals surface area contributed by atoms with E-state index in [9.17, 15) is 4.79 Å². The molecule has 1 saturated heterocycles. The fraction of sp³-hybridized carbons (Fsp3) is 0.290. The van der Waals surface area contributed by atoms with E-state index in [0.717, 1.165) is 77.5 Å². The maximum Gasteiger partial charge on any atom is 0.243 e. The highest BCUT2D eigenvalue weighted by molar-refractivity contribution is 6.04. The number of allylic oxidation sites excluding steroid dienone is 4. The molecule has 4 rings (SSSR count). The Balaban J connectivity index is 1.76. The summed E-state index contributed by atoms with van der Waals surface area (Å²) in [6, 6.07) is 10.6. The molecule has 2 N–H and O–H groups in total. The van der Waals surface area contributed by atoms with Crippen molar-refractivity contribution in [3.05, 3.63) is 90.7 Å². The molecule has 0 aliphatic carbocycles. The number of ether oxygens (including phenoxy) is 1. The molecule has 3 heterocycles. The first kappa shape index (κ1) is 27.1. The van der Waals surface area contributed by atoms with Gasteiger partial charge in [0.25, 0.3) is 0 Å². The van der Waals surface area contributed by atoms with E-state index in [0.29, 0.717) is 6.54 Å². The molecule has 38 heavy (non-hydrogen) atoms. The number of aromatic amines is 1. The number of likely N-dealkylation sites (N-methyl/N-ethyl adjacent to an activating group) is 1. The molecule has 1 aliphatic rings. The van der Waals surface area contributed by atoms with E-state index < -0.39 is 0 Å². The number of fused-ring (bicyclic) bond motifs is 1. The van der Waals surface area contributed by atoms with Crippen molar-refractivity contribution in [2.75, 3.05) is 46.9 Å². The van der Waals surface area contributed by atoms with Crippen LogP contribution in [0, 0.1) is 0 Å². The van der Waals surface area contributed by atoms with Crippen LogP contribution in [0.5, 0.6) is 5.75 Å². The number of hydrogen-bond acceptors (Lipinski definition) is 5. The molecule has 198 valence electrons. The van der Waals surface area contributed by atoms with Gasteiger partial charge in [-0.15, -0.1) is 0 Å². The summed E-state index contributed by atoms with van der Waals surface area (Å²) < 4.78 is 5.74. The summed E-state index contributed by atoms with van der Waals surface area (Å²) in [4.78, 5) is 24.8. The van der Waals surface area contributed by atoms with Crippen molar-refractivity contribution < 1.29 is 9.53 Å². The summed E-state index contributed by atoms with van der Waals surface area (Å²) >= 11 is 0. The van der Waals surface area contributed by atoms with Gasteiger partial charge in [0, 0.05) is 51.0 Å². The molecule has 2 aromatic heterocycles. The highest BCUT2D eigenvalue weighted by Gasteiger charge is 2.20. The third kappa shape index (κ3) is 6.49. The summed E-state index contributed by atoms with van der Waals surface area (Å²) in [6.07, 6.45) is 8.97. The number of methoxy groups -OCH3 is 1. The van der Waals surface area contributed by atoms with Crippen LogP contribution in [0.4, 0.5) is 0 Å². The zero-order valence-corrected chi connectivity index (χ0v) is 22.6. The second-order valence-electron chi connectivity index (χ2n) is 9.68. The summed E-state index contributed by atoms with van der Waals surface area (Å²) in [5.74, 6) is 0.503. The number of carbonyl (C=O) groups is 1. The van der Waals surface area contributed by atoms with Crippen LogP contribution in [-0.4, -0.2) is 72.6 Å². The van der Waals surface area contributed by atoms with E-state index >= 15 is 0 Å². The van der Waals surface area contributed by atoms with Crippen molar-refractivity contribution in [2.45, 2.75) is 13.5 Å². The van der Waals surface area contributed by atoms with Crippen LogP contribution in [-0.2, 0) is 11.3 Å². The first-order valence-corrected chi connectivity index (χ1v) is 12.9. The minimum absolute atomic E-state index is 0.223. The molecular formula is C31H37N5O2. The molecule has 0 bridgehead atoms. The molecule has 0 spiro atoms. The number of piperazine rings is 1. The minimum Gasteiger partial charge on any atom is -0.496 e. The van der Waals surface area contributed by atoms with Gasteiger partial charge < -0.3 is 19.9 Å². The highest BCUT2D eigenvalue weighted by atomic mass is 16.5. The lowest BCUT2D eigenvalue weighted by Gasteiger charge is -2.32. The van der Waals surface area contributed by atoms with Gasteiger partial charge in [-0.1, -0.05) is 61.2 Å². The lowest BCUT2D eigenvalue weighted by Crippen LogP contribution is -2.43. The third-order valence-corrected chi connectivity index (χ3v) is 6.74. The van der Waals surface area contributed by atoms with Gasteiger partial charge in [-0.3, -0.25) is 9.69 Å². The smallest absolute Gasteiger partial charge is 0.243 e. The second-order valence-corrected chi connectivity index (χ2v) is 9.68. The van der Waals surface area contributed by atoms with Crippen molar-refractivity contribution >= 4 is 22.5 Å². The number of nitrogens with zero attached hydrogens (tertiary/aromatic N) is 3. The van der Waals surface area contributed by atoms with Gasteiger partial charge in [0.05, 0.1) is 18.2 Å². The largest absolute Gasteiger partial charge is 0.496 e. The first-order valence-electron chi connectivity index (χ1n) is 12.9. The molecule has 7 nitrogen and oxygen atoms in total. The van der Waals surface area contributed by atoms with E-state index in [1.54, 1.807) is 13.3 Å². The van der Waals surface area contributed by atoms with Crippen molar-refractivity contribution in [3.63, 3.8) is 0 Å². The maximum atomic E-state index is 11.8. The summed E-state index contributed by atoms with van der Waals surface area (Å²) in [5.41, 5.74) is 6.82. The number of amides is 1. The number of pyridine rings is 1. The Morgan fingerprint density at radius 2 is 1.89 bits per heavy atom. The lowest BCUT2D eigenvalue weighted by atomic mass is 9.96. The molecule has 0 unspecified atom stereocenters. The number of rotatable bonds is 10. The lowest BCUT2D eigenvalue weighted by molar-refractivity contribution is -0.116. The molecule has 7 heteroatoms. The predicted octanol–water partition coefficient (Wildman–Crippen LogP) is 4.80. The topological polar surface area (TPSA) is 73.5 Å². The van der Waals surface area contributed by atoms with Crippen molar-refractivity contribution in [1.82, 2.24) is 25.1 Å². The number of nitrogens with one attached hydrogen (secondary N) is 2. The Labute approximate surface area is 225 Å². The zero-order chi connectivity index (χ0) is 27.1. The van der Waals surface area contributed by atoms with E-state index in [-0.39, 0.29) is 5.91 Å². The number of aromatic nitrogens is 2. The molecule has 0 saturated carbocycles. The molecule has 0 atom stereocenters. The van der Waals surface area contributed by atoms with Crippen LogP contribution >= 0.6 is 0 Å². The Kier molecular flexibility index (Phi) is 8.94. The monoisotopic (exact) mass is 511 g/mol. The Bertz CT molecular complexity index is 1360. The van der Waals surface area contributed by atoms with Gasteiger partial charge >= 0.3 is 0 Å². The van der Waals surface area contributed by atoms with Crippen LogP contribution in [0.25, 0.3) is 27.9 Å². The number of H-pyrrole nitrogens is 1. The Morgan fingerprint density at radius 3 is 2.55 bits per heavy atom. The van der Waals surface area contributed by atoms with E-state index in [1.165, 1.54) is 11.6 Å². The van der Waals surface area contributed by atoms with Gasteiger partial charge in [-0.05, 0) is 42.8 Å². The van der Waals surface area contributed by atoms with Gasteiger partial charge in [0.2, 0.25) is 5.91 Å². The number of carbonyl (C=O) groups excluding carboxylic acids is 1. The van der Waals surface area contributed by atoms with E-state index in [2.05, 4.69) is 69.6 Å². The Hall–Kier alpha value is -3.94. The third-order valence-electron chi connectivity index (χ3n) is 6.74. The highest BCUT2D eigenvalue weighted by Crippen LogP contribution is 2.39. The zero-order valence-electron chi connectivity index (χ0n) is 22.6. The molecule has 1 aromatic carbocycles. The number of hydrogen-bond donors (Lipinski definition) is 2. The predicted molar refractivity (Wildman–Crippen MR) is 156 cm³/mol. The molecular weight excluding hydrogens is 474 g/mol. The van der Waals surface area contributed by atoms with Gasteiger partial charge in [0.1, 0.15) is 11.4 Å². The quantitative estimate of drug-likeness (QED) is 0.302. The molecule has 3 aromatic rings. The second kappa shape index (κ2) is 12.5. The summed E-state index contributed by atoms with van der Waals surface area (Å²) in [5, 5.41) is 3.73. The van der Waals surface area contributed by atoms with Crippen molar-refractivity contribution in [1.29, 1.82) is 0 Å². The molecule has 1 aliphatic heterocycles. The minimum atomic E-state index is -0.223. The average Bonchev–Trinajstić information content (AvgIpc) is 3.31. The van der Waals surface area contributed by atoms with Crippen molar-refractivity contribution in [2.24, 2.45) is 0 Å². The standard InChI is InChI=1S/C31H37N5O2/c1-6-27(37)32-15-13-24(10-7-22(2)3)28-29-26(38-5)14-16-33-31(29)34-30(28)25-11-8-23(9-12-25)21-36-19-17-35(4)18-20-36/h6-14,16H,1-2,15,17-21H2,3-5H3,(H,32,37)(H,33,34)/b10-7-,24-13+. The van der Waals surface area contributed by atoms with E-state index in [1.807, 2.05) is 31.2 Å². The van der Waals surface area contributed by atoms with Crippen LogP contribution in [0.15, 0.2) is 79.6 Å². The molecule has 1 fully saturated rings. The fourth-order valence-corrected chi connectivity index (χ4v) is 4.62. The van der Waals surface area contributed by atoms with Gasteiger partial charge in [0.15, 0.2) is 0 Å². The average molecular weight is 512 g/mol. The van der Waals surface area contributed by atoms with Gasteiger partial charge in [-0.25, -0.2) is 4.98 Å². The van der Waals surface area contributed by atoms with Crippen LogP contribution < -0.4 is 10.1 Å². The first-order chi connectivity index (χ1) is 18.4. The van der Waals surface area contributed by atoms with Gasteiger partial charge in [-0.2, -0.15) is 0 Å². The van der Waals surface area contributed by atoms with Crippen LogP contribution in [0.3, 0.4) is 0 Å². The summed E-state index contributed by atoms with van der Waals surface area (Å²) in [6.45, 7) is 15.2.